The molecule has 0 bridgehead atoms. The van der Waals surface area contributed by atoms with Crippen molar-refractivity contribution in [2.45, 2.75) is 26.2 Å². The third-order valence-electron chi connectivity index (χ3n) is 4.92. The zero-order valence-corrected chi connectivity index (χ0v) is 16.7. The number of benzene rings is 2. The lowest BCUT2D eigenvalue weighted by atomic mass is 9.95. The van der Waals surface area contributed by atoms with Gasteiger partial charge in [0.05, 0.1) is 5.92 Å². The number of nitrogens with zero attached hydrogens (tertiary/aromatic N) is 2. The molecule has 1 amide bonds. The van der Waals surface area contributed by atoms with E-state index in [-0.39, 0.29) is 11.8 Å². The van der Waals surface area contributed by atoms with Crippen LogP contribution in [0.2, 0.25) is 0 Å². The van der Waals surface area contributed by atoms with Gasteiger partial charge in [-0.3, -0.25) is 4.79 Å². The van der Waals surface area contributed by atoms with Crippen molar-refractivity contribution in [1.82, 2.24) is 9.97 Å². The summed E-state index contributed by atoms with van der Waals surface area (Å²) in [6, 6.07) is 19.7. The van der Waals surface area contributed by atoms with Gasteiger partial charge in [-0.15, -0.1) is 0 Å². The first-order valence-electron chi connectivity index (χ1n) is 9.34. The average molecular weight is 388 g/mol. The Kier molecular flexibility index (Phi) is 5.17. The van der Waals surface area contributed by atoms with Gasteiger partial charge in [-0.1, -0.05) is 60.7 Å². The van der Waals surface area contributed by atoms with Gasteiger partial charge in [-0.05, 0) is 42.7 Å². The molecular weight excluding hydrogens is 366 g/mol. The van der Waals surface area contributed by atoms with Gasteiger partial charge in [0.25, 0.3) is 0 Å². The van der Waals surface area contributed by atoms with Crippen molar-refractivity contribution in [2.24, 2.45) is 0 Å². The molecule has 28 heavy (non-hydrogen) atoms. The number of anilines is 1. The summed E-state index contributed by atoms with van der Waals surface area (Å²) in [5, 5.41) is 4.04. The molecule has 2 aromatic heterocycles. The van der Waals surface area contributed by atoms with Crippen LogP contribution in [0.25, 0.3) is 20.9 Å². The molecule has 0 aliphatic rings. The van der Waals surface area contributed by atoms with E-state index in [2.05, 4.69) is 10.3 Å². The first-order valence-corrected chi connectivity index (χ1v) is 10.2. The highest BCUT2D eigenvalue weighted by Crippen LogP contribution is 2.34. The molecule has 0 saturated carbocycles. The fourth-order valence-corrected chi connectivity index (χ4v) is 4.36. The summed E-state index contributed by atoms with van der Waals surface area (Å²) in [6.45, 7) is 4.06. The van der Waals surface area contributed by atoms with Crippen molar-refractivity contribution in [3.05, 3.63) is 78.0 Å². The maximum atomic E-state index is 13.0. The SMILES string of the molecule is CC[C@@H](C(=O)Nc1cccc(-c2nc3cccnc3s2)c1C)c1ccccc1. The van der Waals surface area contributed by atoms with Crippen LogP contribution in [0.3, 0.4) is 0 Å². The van der Waals surface area contributed by atoms with Crippen molar-refractivity contribution >= 4 is 33.3 Å². The monoisotopic (exact) mass is 387 g/mol. The highest BCUT2D eigenvalue weighted by molar-refractivity contribution is 7.21. The molecule has 2 heterocycles. The van der Waals surface area contributed by atoms with E-state index < -0.39 is 0 Å². The van der Waals surface area contributed by atoms with Gasteiger partial charge in [0.2, 0.25) is 5.91 Å². The molecule has 0 aliphatic carbocycles. The minimum Gasteiger partial charge on any atom is -0.325 e. The summed E-state index contributed by atoms with van der Waals surface area (Å²) in [5.41, 5.74) is 4.79. The van der Waals surface area contributed by atoms with Crippen molar-refractivity contribution < 1.29 is 4.79 Å². The van der Waals surface area contributed by atoms with Gasteiger partial charge in [-0.25, -0.2) is 9.97 Å². The third kappa shape index (κ3) is 3.53. The largest absolute Gasteiger partial charge is 0.325 e. The Morgan fingerprint density at radius 3 is 2.64 bits per heavy atom. The van der Waals surface area contributed by atoms with Crippen molar-refractivity contribution in [2.75, 3.05) is 5.32 Å². The molecule has 0 spiro atoms. The van der Waals surface area contributed by atoms with Crippen LogP contribution in [0.15, 0.2) is 66.9 Å². The molecule has 4 nitrogen and oxygen atoms in total. The van der Waals surface area contributed by atoms with E-state index in [1.807, 2.05) is 74.5 Å². The van der Waals surface area contributed by atoms with Crippen LogP contribution in [0.1, 0.15) is 30.4 Å². The summed E-state index contributed by atoms with van der Waals surface area (Å²) >= 11 is 1.56. The summed E-state index contributed by atoms with van der Waals surface area (Å²) in [4.78, 5) is 23.0. The number of hydrogen-bond donors (Lipinski definition) is 1. The standard InChI is InChI=1S/C23H21N3OS/c1-3-17(16-9-5-4-6-10-16)21(27)25-19-12-7-11-18(15(19)2)22-26-20-13-8-14-24-23(20)28-22/h4-14,17H,3H2,1-2H3,(H,25,27)/t17-/m1/s1. The fraction of sp³-hybridized carbons (Fsp3) is 0.174. The van der Waals surface area contributed by atoms with Crippen LogP contribution < -0.4 is 5.32 Å². The van der Waals surface area contributed by atoms with E-state index in [9.17, 15) is 4.79 Å². The van der Waals surface area contributed by atoms with Crippen LogP contribution in [-0.4, -0.2) is 15.9 Å². The topological polar surface area (TPSA) is 54.9 Å². The molecule has 0 aliphatic heterocycles. The van der Waals surface area contributed by atoms with E-state index in [4.69, 9.17) is 4.98 Å². The zero-order valence-electron chi connectivity index (χ0n) is 15.8. The number of amides is 1. The summed E-state index contributed by atoms with van der Waals surface area (Å²) in [6.07, 6.45) is 2.53. The Labute approximate surface area is 168 Å². The molecule has 0 fully saturated rings. The van der Waals surface area contributed by atoms with Crippen molar-refractivity contribution in [3.8, 4) is 10.6 Å². The third-order valence-corrected chi connectivity index (χ3v) is 5.93. The smallest absolute Gasteiger partial charge is 0.231 e. The number of nitrogens with one attached hydrogen (secondary N) is 1. The van der Waals surface area contributed by atoms with Crippen LogP contribution in [0, 0.1) is 6.92 Å². The minimum absolute atomic E-state index is 0.0138. The number of hydrogen-bond acceptors (Lipinski definition) is 4. The molecule has 4 rings (SSSR count). The van der Waals surface area contributed by atoms with Crippen molar-refractivity contribution in [1.29, 1.82) is 0 Å². The first kappa shape index (κ1) is 18.3. The highest BCUT2D eigenvalue weighted by Gasteiger charge is 2.20. The quantitative estimate of drug-likeness (QED) is 0.471. The average Bonchev–Trinajstić information content (AvgIpc) is 3.15. The second-order valence-corrected chi connectivity index (χ2v) is 7.66. The first-order chi connectivity index (χ1) is 13.7. The second-order valence-electron chi connectivity index (χ2n) is 6.69. The number of fused-ring (bicyclic) bond motifs is 1. The van der Waals surface area contributed by atoms with Gasteiger partial charge in [-0.2, -0.15) is 0 Å². The number of thiazole rings is 1. The lowest BCUT2D eigenvalue weighted by molar-refractivity contribution is -0.117. The van der Waals surface area contributed by atoms with Gasteiger partial charge < -0.3 is 5.32 Å². The van der Waals surface area contributed by atoms with Crippen LogP contribution >= 0.6 is 11.3 Å². The number of carbonyl (C=O) groups excluding carboxylic acids is 1. The van der Waals surface area contributed by atoms with Gasteiger partial charge in [0.15, 0.2) is 0 Å². The lowest BCUT2D eigenvalue weighted by Gasteiger charge is -2.17. The Hall–Kier alpha value is -3.05. The summed E-state index contributed by atoms with van der Waals surface area (Å²) in [7, 11) is 0. The summed E-state index contributed by atoms with van der Waals surface area (Å²) in [5.74, 6) is -0.157. The molecule has 0 saturated heterocycles. The van der Waals surface area contributed by atoms with Gasteiger partial charge in [0.1, 0.15) is 15.4 Å². The Morgan fingerprint density at radius 2 is 1.89 bits per heavy atom. The van der Waals surface area contributed by atoms with Crippen LogP contribution in [-0.2, 0) is 4.79 Å². The molecule has 4 aromatic rings. The maximum Gasteiger partial charge on any atom is 0.231 e. The van der Waals surface area contributed by atoms with E-state index in [0.29, 0.717) is 0 Å². The molecule has 140 valence electrons. The molecule has 5 heteroatoms. The predicted molar refractivity (Wildman–Crippen MR) is 116 cm³/mol. The Balaban J connectivity index is 1.64. The predicted octanol–water partition coefficient (Wildman–Crippen LogP) is 5.80. The molecule has 2 aromatic carbocycles. The molecule has 0 unspecified atom stereocenters. The van der Waals surface area contributed by atoms with Crippen LogP contribution in [0.5, 0.6) is 0 Å². The maximum absolute atomic E-state index is 13.0. The van der Waals surface area contributed by atoms with E-state index in [1.54, 1.807) is 17.5 Å². The van der Waals surface area contributed by atoms with E-state index >= 15 is 0 Å². The van der Waals surface area contributed by atoms with Gasteiger partial charge >= 0.3 is 0 Å². The Bertz CT molecular complexity index is 1090. The Morgan fingerprint density at radius 1 is 1.07 bits per heavy atom. The molecule has 1 N–H and O–H groups in total. The molecule has 0 radical (unpaired) electrons. The fourth-order valence-electron chi connectivity index (χ4n) is 3.37. The number of carbonyl (C=O) groups is 1. The van der Waals surface area contributed by atoms with Crippen molar-refractivity contribution in [3.63, 3.8) is 0 Å². The number of rotatable bonds is 5. The normalized spacial score (nSPS) is 12.1. The minimum atomic E-state index is -0.170. The van der Waals surface area contributed by atoms with Crippen LogP contribution in [0.4, 0.5) is 5.69 Å². The number of aromatic nitrogens is 2. The molecular formula is C23H21N3OS. The second kappa shape index (κ2) is 7.90. The van der Waals surface area contributed by atoms with E-state index in [0.717, 1.165) is 44.2 Å². The van der Waals surface area contributed by atoms with E-state index in [1.165, 1.54) is 0 Å². The highest BCUT2D eigenvalue weighted by atomic mass is 32.1. The number of pyridine rings is 1. The molecule has 1 atom stereocenters. The van der Waals surface area contributed by atoms with Gasteiger partial charge in [0, 0.05) is 17.4 Å². The zero-order chi connectivity index (χ0) is 19.5. The summed E-state index contributed by atoms with van der Waals surface area (Å²) < 4.78 is 0. The lowest BCUT2D eigenvalue weighted by Crippen LogP contribution is -2.21.